The molecule has 0 radical (unpaired) electrons. The fourth-order valence-electron chi connectivity index (χ4n) is 2.67. The maximum absolute atomic E-state index is 14.3. The molecule has 0 bridgehead atoms. The number of carbonyl (C=O) groups is 1. The molecule has 5 heteroatoms. The van der Waals surface area contributed by atoms with E-state index in [2.05, 4.69) is 0 Å². The van der Waals surface area contributed by atoms with Crippen molar-refractivity contribution in [3.63, 3.8) is 0 Å². The summed E-state index contributed by atoms with van der Waals surface area (Å²) in [4.78, 5) is 11.4. The lowest BCUT2D eigenvalue weighted by atomic mass is 9.94. The van der Waals surface area contributed by atoms with Gasteiger partial charge in [-0.15, -0.1) is 0 Å². The van der Waals surface area contributed by atoms with Gasteiger partial charge >= 0.3 is 0 Å². The van der Waals surface area contributed by atoms with Crippen LogP contribution < -0.4 is 5.48 Å². The molecule has 2 N–H and O–H groups in total. The zero-order chi connectivity index (χ0) is 13.6. The third-order valence-corrected chi connectivity index (χ3v) is 3.56. The lowest BCUT2D eigenvalue weighted by Gasteiger charge is -2.21. The van der Waals surface area contributed by atoms with Gasteiger partial charge in [-0.1, -0.05) is 0 Å². The number of hydrogen-bond acceptors (Lipinski definition) is 2. The van der Waals surface area contributed by atoms with E-state index in [0.29, 0.717) is 12.0 Å². The van der Waals surface area contributed by atoms with Crippen LogP contribution in [0.4, 0.5) is 4.39 Å². The van der Waals surface area contributed by atoms with Gasteiger partial charge in [0.15, 0.2) is 0 Å². The molecule has 98 valence electrons. The molecule has 0 aliphatic carbocycles. The third kappa shape index (κ3) is 1.74. The SMILES string of the molecule is Cc1ccn2c1-c1c(F)cc(C(=O)NO)cc1CC2. The van der Waals surface area contributed by atoms with E-state index < -0.39 is 11.7 Å². The first-order valence-electron chi connectivity index (χ1n) is 6.05. The van der Waals surface area contributed by atoms with E-state index in [1.165, 1.54) is 5.48 Å². The minimum Gasteiger partial charge on any atom is -0.347 e. The second-order valence-electron chi connectivity index (χ2n) is 4.72. The predicted octanol–water partition coefficient (Wildman–Crippen LogP) is 2.28. The van der Waals surface area contributed by atoms with Crippen LogP contribution in [0.2, 0.25) is 0 Å². The number of halogens is 1. The summed E-state index contributed by atoms with van der Waals surface area (Å²) >= 11 is 0. The lowest BCUT2D eigenvalue weighted by molar-refractivity contribution is 0.0706. The summed E-state index contributed by atoms with van der Waals surface area (Å²) in [6.45, 7) is 2.70. The van der Waals surface area contributed by atoms with E-state index in [-0.39, 0.29) is 5.56 Å². The van der Waals surface area contributed by atoms with E-state index in [1.807, 2.05) is 23.8 Å². The van der Waals surface area contributed by atoms with Crippen molar-refractivity contribution < 1.29 is 14.4 Å². The van der Waals surface area contributed by atoms with Crippen molar-refractivity contribution in [2.75, 3.05) is 0 Å². The summed E-state index contributed by atoms with van der Waals surface area (Å²) in [6.07, 6.45) is 2.61. The molecule has 0 saturated carbocycles. The van der Waals surface area contributed by atoms with Crippen LogP contribution >= 0.6 is 0 Å². The maximum Gasteiger partial charge on any atom is 0.274 e. The molecule has 1 aromatic carbocycles. The molecule has 2 heterocycles. The van der Waals surface area contributed by atoms with Gasteiger partial charge < -0.3 is 4.57 Å². The highest BCUT2D eigenvalue weighted by Crippen LogP contribution is 2.35. The van der Waals surface area contributed by atoms with Gasteiger partial charge in [0.2, 0.25) is 0 Å². The summed E-state index contributed by atoms with van der Waals surface area (Å²) in [7, 11) is 0. The number of nitrogens with one attached hydrogen (secondary N) is 1. The molecular weight excluding hydrogens is 247 g/mol. The average Bonchev–Trinajstić information content (AvgIpc) is 2.79. The van der Waals surface area contributed by atoms with Gasteiger partial charge in [-0.25, -0.2) is 9.87 Å². The Balaban J connectivity index is 2.22. The van der Waals surface area contributed by atoms with Crippen molar-refractivity contribution in [1.82, 2.24) is 10.0 Å². The van der Waals surface area contributed by atoms with Crippen LogP contribution in [0.1, 0.15) is 21.5 Å². The Morgan fingerprint density at radius 2 is 2.26 bits per heavy atom. The minimum absolute atomic E-state index is 0.136. The van der Waals surface area contributed by atoms with E-state index in [1.54, 1.807) is 6.07 Å². The quantitative estimate of drug-likeness (QED) is 0.610. The molecule has 0 fully saturated rings. The Hall–Kier alpha value is -2.14. The van der Waals surface area contributed by atoms with E-state index in [4.69, 9.17) is 5.21 Å². The number of aromatic nitrogens is 1. The minimum atomic E-state index is -0.695. The van der Waals surface area contributed by atoms with E-state index in [0.717, 1.165) is 29.4 Å². The number of fused-ring (bicyclic) bond motifs is 3. The summed E-state index contributed by atoms with van der Waals surface area (Å²) in [6, 6.07) is 4.75. The molecule has 1 aliphatic heterocycles. The topological polar surface area (TPSA) is 54.3 Å². The highest BCUT2D eigenvalue weighted by Gasteiger charge is 2.23. The fourth-order valence-corrected chi connectivity index (χ4v) is 2.67. The van der Waals surface area contributed by atoms with E-state index >= 15 is 0 Å². The van der Waals surface area contributed by atoms with Gasteiger partial charge in [-0.3, -0.25) is 10.0 Å². The third-order valence-electron chi connectivity index (χ3n) is 3.56. The van der Waals surface area contributed by atoms with Crippen LogP contribution in [0, 0.1) is 12.7 Å². The molecular formula is C14H13FN2O2. The number of carbonyl (C=O) groups excluding carboxylic acids is 1. The summed E-state index contributed by atoms with van der Waals surface area (Å²) in [5.74, 6) is -1.13. The van der Waals surface area contributed by atoms with Crippen molar-refractivity contribution >= 4 is 5.91 Å². The van der Waals surface area contributed by atoms with Crippen molar-refractivity contribution in [1.29, 1.82) is 0 Å². The lowest BCUT2D eigenvalue weighted by Crippen LogP contribution is -2.20. The number of nitrogens with zero attached hydrogens (tertiary/aromatic N) is 1. The maximum atomic E-state index is 14.3. The van der Waals surface area contributed by atoms with Crippen molar-refractivity contribution in [2.24, 2.45) is 0 Å². The molecule has 3 rings (SSSR count). The van der Waals surface area contributed by atoms with Gasteiger partial charge in [-0.2, -0.15) is 0 Å². The van der Waals surface area contributed by atoms with Gasteiger partial charge in [0.1, 0.15) is 5.82 Å². The summed E-state index contributed by atoms with van der Waals surface area (Å²) in [5, 5.41) is 8.63. The van der Waals surface area contributed by atoms with Crippen LogP contribution in [0.5, 0.6) is 0 Å². The number of rotatable bonds is 1. The number of amides is 1. The first-order chi connectivity index (χ1) is 9.11. The van der Waals surface area contributed by atoms with E-state index in [9.17, 15) is 9.18 Å². The van der Waals surface area contributed by atoms with Crippen LogP contribution in [0.3, 0.4) is 0 Å². The molecule has 2 aromatic rings. The standard InChI is InChI=1S/C14H13FN2O2/c1-8-2-4-17-5-3-9-6-10(14(18)16-19)7-11(15)12(9)13(8)17/h2,4,6-7,19H,3,5H2,1H3,(H,16,18). The Labute approximate surface area is 109 Å². The normalized spacial score (nSPS) is 12.8. The van der Waals surface area contributed by atoms with Crippen LogP contribution in [0.25, 0.3) is 11.3 Å². The number of aryl methyl sites for hydroxylation is 3. The number of hydrogen-bond donors (Lipinski definition) is 2. The van der Waals surface area contributed by atoms with Crippen molar-refractivity contribution in [3.05, 3.63) is 46.9 Å². The van der Waals surface area contributed by atoms with Crippen LogP contribution in [0.15, 0.2) is 24.4 Å². The summed E-state index contributed by atoms with van der Waals surface area (Å²) < 4.78 is 16.3. The Bertz CT molecular complexity index is 676. The molecule has 4 nitrogen and oxygen atoms in total. The Kier molecular flexibility index (Phi) is 2.64. The molecule has 19 heavy (non-hydrogen) atoms. The molecule has 0 spiro atoms. The molecule has 0 unspecified atom stereocenters. The fraction of sp³-hybridized carbons (Fsp3) is 0.214. The second kappa shape index (κ2) is 4.20. The molecule has 1 aromatic heterocycles. The summed E-state index contributed by atoms with van der Waals surface area (Å²) in [5.41, 5.74) is 4.91. The number of hydroxylamine groups is 1. The van der Waals surface area contributed by atoms with Gasteiger partial charge in [0.05, 0.1) is 5.69 Å². The smallest absolute Gasteiger partial charge is 0.274 e. The first-order valence-corrected chi connectivity index (χ1v) is 6.05. The first kappa shape index (κ1) is 11.9. The molecule has 0 saturated heterocycles. The Morgan fingerprint density at radius 1 is 1.47 bits per heavy atom. The largest absolute Gasteiger partial charge is 0.347 e. The second-order valence-corrected chi connectivity index (χ2v) is 4.72. The predicted molar refractivity (Wildman–Crippen MR) is 67.5 cm³/mol. The average molecular weight is 260 g/mol. The highest BCUT2D eigenvalue weighted by molar-refractivity contribution is 5.94. The van der Waals surface area contributed by atoms with Crippen molar-refractivity contribution in [3.8, 4) is 11.3 Å². The molecule has 1 amide bonds. The molecule has 1 aliphatic rings. The molecule has 0 atom stereocenters. The van der Waals surface area contributed by atoms with Crippen molar-refractivity contribution in [2.45, 2.75) is 19.9 Å². The Morgan fingerprint density at radius 3 is 3.00 bits per heavy atom. The monoisotopic (exact) mass is 260 g/mol. The van der Waals surface area contributed by atoms with Gasteiger partial charge in [0, 0.05) is 23.9 Å². The number of benzene rings is 1. The van der Waals surface area contributed by atoms with Crippen LogP contribution in [-0.4, -0.2) is 15.7 Å². The zero-order valence-corrected chi connectivity index (χ0v) is 10.4. The zero-order valence-electron chi connectivity index (χ0n) is 10.4. The van der Waals surface area contributed by atoms with Gasteiger partial charge in [0.25, 0.3) is 5.91 Å². The highest BCUT2D eigenvalue weighted by atomic mass is 19.1. The van der Waals surface area contributed by atoms with Gasteiger partial charge in [-0.05, 0) is 42.7 Å². The van der Waals surface area contributed by atoms with Crippen LogP contribution in [-0.2, 0) is 13.0 Å².